The first-order valence-corrected chi connectivity index (χ1v) is 5.83. The third-order valence-electron chi connectivity index (χ3n) is 2.52. The summed E-state index contributed by atoms with van der Waals surface area (Å²) in [6.45, 7) is 3.90. The number of nitriles is 1. The summed E-state index contributed by atoms with van der Waals surface area (Å²) < 4.78 is 0. The molecule has 0 aliphatic carbocycles. The molecule has 90 valence electrons. The molecule has 0 atom stereocenters. The van der Waals surface area contributed by atoms with E-state index in [-0.39, 0.29) is 11.3 Å². The van der Waals surface area contributed by atoms with E-state index in [0.717, 1.165) is 12.8 Å². The van der Waals surface area contributed by atoms with Crippen LogP contribution in [-0.2, 0) is 6.42 Å². The molecule has 0 fully saturated rings. The van der Waals surface area contributed by atoms with Gasteiger partial charge in [-0.05, 0) is 18.9 Å². The van der Waals surface area contributed by atoms with Crippen LogP contribution in [0.4, 0.5) is 0 Å². The first-order valence-electron chi connectivity index (χ1n) is 5.83. The minimum Gasteiger partial charge on any atom is -0.324 e. The molecule has 0 amide bonds. The topological polar surface area (TPSA) is 73.7 Å². The Labute approximate surface area is 100 Å². The van der Waals surface area contributed by atoms with Gasteiger partial charge in [-0.15, -0.1) is 0 Å². The number of hydrogen-bond donors (Lipinski definition) is 1. The summed E-state index contributed by atoms with van der Waals surface area (Å²) in [4.78, 5) is 26.0. The first kappa shape index (κ1) is 13.2. The summed E-state index contributed by atoms with van der Waals surface area (Å²) in [5.74, 6) is -0.0105. The molecule has 0 aromatic carbocycles. The lowest BCUT2D eigenvalue weighted by molar-refractivity contribution is 0.0980. The Morgan fingerprint density at radius 2 is 2.12 bits per heavy atom. The molecule has 1 N–H and O–H groups in total. The molecule has 4 nitrogen and oxygen atoms in total. The molecule has 0 spiro atoms. The van der Waals surface area contributed by atoms with Crippen LogP contribution in [0.15, 0.2) is 10.9 Å². The highest BCUT2D eigenvalue weighted by Gasteiger charge is 2.13. The van der Waals surface area contributed by atoms with E-state index in [1.54, 1.807) is 6.07 Å². The zero-order chi connectivity index (χ0) is 12.8. The Morgan fingerprint density at radius 1 is 1.41 bits per heavy atom. The zero-order valence-electron chi connectivity index (χ0n) is 10.2. The summed E-state index contributed by atoms with van der Waals surface area (Å²) in [6, 6.07) is 3.22. The second kappa shape index (κ2) is 6.00. The van der Waals surface area contributed by atoms with E-state index in [0.29, 0.717) is 24.1 Å². The molecule has 0 unspecified atom stereocenters. The number of Topliss-reactive ketones (excluding diaryl/α,β-unsaturated/α-hetero) is 1. The van der Waals surface area contributed by atoms with E-state index in [1.165, 1.54) is 6.07 Å². The number of aromatic nitrogens is 1. The number of ketones is 1. The highest BCUT2D eigenvalue weighted by molar-refractivity contribution is 5.97. The number of nitrogens with one attached hydrogen (secondary N) is 1. The molecule has 4 heteroatoms. The second-order valence-electron chi connectivity index (χ2n) is 3.94. The Bertz CT molecular complexity index is 509. The minimum absolute atomic E-state index is 0.00399. The van der Waals surface area contributed by atoms with Crippen LogP contribution < -0.4 is 5.56 Å². The number of aromatic amines is 1. The molecule has 17 heavy (non-hydrogen) atoms. The molecular weight excluding hydrogens is 216 g/mol. The van der Waals surface area contributed by atoms with Crippen molar-refractivity contribution in [3.05, 3.63) is 33.2 Å². The van der Waals surface area contributed by atoms with E-state index >= 15 is 0 Å². The van der Waals surface area contributed by atoms with E-state index in [2.05, 4.69) is 4.98 Å². The Hall–Kier alpha value is -1.89. The van der Waals surface area contributed by atoms with Gasteiger partial charge in [0.25, 0.3) is 5.56 Å². The van der Waals surface area contributed by atoms with E-state index in [4.69, 9.17) is 5.26 Å². The van der Waals surface area contributed by atoms with Gasteiger partial charge in [0.15, 0.2) is 5.78 Å². The molecule has 1 rings (SSSR count). The third-order valence-corrected chi connectivity index (χ3v) is 2.52. The van der Waals surface area contributed by atoms with Crippen LogP contribution in [0.25, 0.3) is 0 Å². The van der Waals surface area contributed by atoms with Crippen LogP contribution in [-0.4, -0.2) is 10.8 Å². The van der Waals surface area contributed by atoms with Crippen molar-refractivity contribution in [1.29, 1.82) is 5.26 Å². The Balaban J connectivity index is 3.29. The van der Waals surface area contributed by atoms with Crippen molar-refractivity contribution in [2.24, 2.45) is 0 Å². The number of pyridine rings is 1. The predicted molar refractivity (Wildman–Crippen MR) is 65.0 cm³/mol. The average Bonchev–Trinajstić information content (AvgIpc) is 2.30. The fourth-order valence-electron chi connectivity index (χ4n) is 1.71. The van der Waals surface area contributed by atoms with Crippen molar-refractivity contribution in [2.75, 3.05) is 0 Å². The van der Waals surface area contributed by atoms with Crippen molar-refractivity contribution in [3.63, 3.8) is 0 Å². The number of rotatable bonds is 5. The molecule has 0 aliphatic rings. The summed E-state index contributed by atoms with van der Waals surface area (Å²) in [6.07, 6.45) is 2.68. The number of H-pyrrole nitrogens is 1. The van der Waals surface area contributed by atoms with Crippen LogP contribution in [0, 0.1) is 11.3 Å². The van der Waals surface area contributed by atoms with Crippen LogP contribution in [0.2, 0.25) is 0 Å². The molecule has 1 aromatic rings. The maximum absolute atomic E-state index is 11.9. The van der Waals surface area contributed by atoms with Gasteiger partial charge in [0.05, 0.1) is 0 Å². The van der Waals surface area contributed by atoms with Gasteiger partial charge in [-0.3, -0.25) is 9.59 Å². The monoisotopic (exact) mass is 232 g/mol. The van der Waals surface area contributed by atoms with Gasteiger partial charge in [0.2, 0.25) is 0 Å². The van der Waals surface area contributed by atoms with E-state index < -0.39 is 5.56 Å². The molecular formula is C13H16N2O2. The number of aryl methyl sites for hydroxylation is 1. The van der Waals surface area contributed by atoms with Crippen molar-refractivity contribution in [1.82, 2.24) is 4.98 Å². The molecule has 1 aromatic heterocycles. The Kier molecular flexibility index (Phi) is 4.65. The summed E-state index contributed by atoms with van der Waals surface area (Å²) in [5.41, 5.74) is 0.730. The van der Waals surface area contributed by atoms with Crippen molar-refractivity contribution in [3.8, 4) is 6.07 Å². The van der Waals surface area contributed by atoms with Crippen molar-refractivity contribution >= 4 is 5.78 Å². The van der Waals surface area contributed by atoms with E-state index in [1.807, 2.05) is 13.8 Å². The quantitative estimate of drug-likeness (QED) is 0.791. The molecule has 0 saturated heterocycles. The maximum Gasteiger partial charge on any atom is 0.266 e. The second-order valence-corrected chi connectivity index (χ2v) is 3.94. The van der Waals surface area contributed by atoms with Gasteiger partial charge < -0.3 is 4.98 Å². The van der Waals surface area contributed by atoms with E-state index in [9.17, 15) is 9.59 Å². The van der Waals surface area contributed by atoms with Gasteiger partial charge >= 0.3 is 0 Å². The normalized spacial score (nSPS) is 9.94. The molecule has 1 heterocycles. The SMILES string of the molecule is CCCC(=O)c1cc(C#N)c(=O)[nH]c1CCC. The molecule has 0 aliphatic heterocycles. The van der Waals surface area contributed by atoms with Crippen molar-refractivity contribution < 1.29 is 4.79 Å². The highest BCUT2D eigenvalue weighted by atomic mass is 16.1. The smallest absolute Gasteiger partial charge is 0.266 e. The number of carbonyl (C=O) groups is 1. The summed E-state index contributed by atoms with van der Waals surface area (Å²) in [5, 5.41) is 8.79. The first-order chi connectivity index (χ1) is 8.13. The third kappa shape index (κ3) is 3.04. The van der Waals surface area contributed by atoms with Gasteiger partial charge in [0, 0.05) is 17.7 Å². The standard InChI is InChI=1S/C13H16N2O2/c1-3-5-11-10(12(16)6-4-2)7-9(8-14)13(17)15-11/h7H,3-6H2,1-2H3,(H,15,17). The summed E-state index contributed by atoms with van der Waals surface area (Å²) >= 11 is 0. The lowest BCUT2D eigenvalue weighted by Gasteiger charge is -2.07. The van der Waals surface area contributed by atoms with Crippen LogP contribution in [0.1, 0.15) is 54.7 Å². The van der Waals surface area contributed by atoms with Crippen LogP contribution in [0.5, 0.6) is 0 Å². The number of hydrogen-bond acceptors (Lipinski definition) is 3. The van der Waals surface area contributed by atoms with Crippen molar-refractivity contribution in [2.45, 2.75) is 39.5 Å². The number of carbonyl (C=O) groups excluding carboxylic acids is 1. The lowest BCUT2D eigenvalue weighted by Crippen LogP contribution is -2.17. The highest BCUT2D eigenvalue weighted by Crippen LogP contribution is 2.12. The minimum atomic E-state index is -0.413. The van der Waals surface area contributed by atoms with Gasteiger partial charge in [-0.1, -0.05) is 20.3 Å². The molecule has 0 radical (unpaired) electrons. The van der Waals surface area contributed by atoms with Gasteiger partial charge in [-0.2, -0.15) is 5.26 Å². The average molecular weight is 232 g/mol. The lowest BCUT2D eigenvalue weighted by atomic mass is 10.0. The fourth-order valence-corrected chi connectivity index (χ4v) is 1.71. The Morgan fingerprint density at radius 3 is 2.65 bits per heavy atom. The molecule has 0 saturated carbocycles. The fraction of sp³-hybridized carbons (Fsp3) is 0.462. The van der Waals surface area contributed by atoms with Gasteiger partial charge in [-0.25, -0.2) is 0 Å². The zero-order valence-corrected chi connectivity index (χ0v) is 10.2. The summed E-state index contributed by atoms with van der Waals surface area (Å²) in [7, 11) is 0. The largest absolute Gasteiger partial charge is 0.324 e. The predicted octanol–water partition coefficient (Wildman–Crippen LogP) is 2.18. The van der Waals surface area contributed by atoms with Crippen LogP contribution in [0.3, 0.4) is 0 Å². The van der Waals surface area contributed by atoms with Gasteiger partial charge in [0.1, 0.15) is 11.6 Å². The maximum atomic E-state index is 11.9. The molecule has 0 bridgehead atoms. The van der Waals surface area contributed by atoms with Crippen LogP contribution >= 0.6 is 0 Å². The number of nitrogens with zero attached hydrogens (tertiary/aromatic N) is 1.